The Bertz CT molecular complexity index is 921. The molecule has 1 saturated heterocycles. The summed E-state index contributed by atoms with van der Waals surface area (Å²) in [5.74, 6) is -0.361. The van der Waals surface area contributed by atoms with Gasteiger partial charge in [0.15, 0.2) is 0 Å². The SMILES string of the molecule is CN(C)c1ccc(C=C2SC(=O)N(Cc3ccc([N+](=O)[O-])cc3)C2=O)cc1. The molecule has 0 aromatic heterocycles. The summed E-state index contributed by atoms with van der Waals surface area (Å²) in [6.45, 7) is 0.0829. The van der Waals surface area contributed by atoms with Crippen LogP contribution in [0.5, 0.6) is 0 Å². The Kier molecular flexibility index (Phi) is 5.27. The molecular weight excluding hydrogens is 366 g/mol. The minimum Gasteiger partial charge on any atom is -0.378 e. The molecule has 0 aliphatic carbocycles. The molecule has 7 nitrogen and oxygen atoms in total. The maximum atomic E-state index is 12.6. The van der Waals surface area contributed by atoms with Crippen molar-refractivity contribution in [3.63, 3.8) is 0 Å². The third-order valence-corrected chi connectivity index (χ3v) is 4.98. The zero-order valence-corrected chi connectivity index (χ0v) is 15.6. The van der Waals surface area contributed by atoms with Crippen LogP contribution in [0.3, 0.4) is 0 Å². The maximum Gasteiger partial charge on any atom is 0.293 e. The molecule has 1 aliphatic rings. The molecule has 1 fully saturated rings. The summed E-state index contributed by atoms with van der Waals surface area (Å²) >= 11 is 0.894. The lowest BCUT2D eigenvalue weighted by Crippen LogP contribution is -2.27. The Balaban J connectivity index is 1.75. The number of hydrogen-bond acceptors (Lipinski definition) is 6. The van der Waals surface area contributed by atoms with E-state index in [0.717, 1.165) is 27.9 Å². The number of nitro groups is 1. The fourth-order valence-electron chi connectivity index (χ4n) is 2.56. The van der Waals surface area contributed by atoms with Crippen molar-refractivity contribution in [2.75, 3.05) is 19.0 Å². The smallest absolute Gasteiger partial charge is 0.293 e. The van der Waals surface area contributed by atoms with Crippen molar-refractivity contribution >= 4 is 40.4 Å². The van der Waals surface area contributed by atoms with Crippen LogP contribution in [-0.2, 0) is 11.3 Å². The number of imide groups is 1. The number of benzene rings is 2. The molecule has 0 atom stereocenters. The Labute approximate surface area is 160 Å². The molecule has 0 unspecified atom stereocenters. The van der Waals surface area contributed by atoms with Gasteiger partial charge in [-0.25, -0.2) is 0 Å². The summed E-state index contributed by atoms with van der Waals surface area (Å²) in [7, 11) is 3.89. The summed E-state index contributed by atoms with van der Waals surface area (Å²) in [5.41, 5.74) is 2.49. The second-order valence-corrected chi connectivity index (χ2v) is 7.17. The van der Waals surface area contributed by atoms with Crippen LogP contribution in [0.15, 0.2) is 53.4 Å². The van der Waals surface area contributed by atoms with Gasteiger partial charge >= 0.3 is 0 Å². The topological polar surface area (TPSA) is 83.8 Å². The monoisotopic (exact) mass is 383 g/mol. The van der Waals surface area contributed by atoms with E-state index in [1.165, 1.54) is 12.1 Å². The lowest BCUT2D eigenvalue weighted by Gasteiger charge is -2.12. The summed E-state index contributed by atoms with van der Waals surface area (Å²) in [4.78, 5) is 38.5. The van der Waals surface area contributed by atoms with Crippen LogP contribution >= 0.6 is 11.8 Å². The summed E-state index contributed by atoms with van der Waals surface area (Å²) in [5, 5.41) is 10.4. The molecule has 1 heterocycles. The molecule has 0 radical (unpaired) electrons. The molecule has 138 valence electrons. The highest BCUT2D eigenvalue weighted by Crippen LogP contribution is 2.33. The predicted molar refractivity (Wildman–Crippen MR) is 105 cm³/mol. The highest BCUT2D eigenvalue weighted by molar-refractivity contribution is 8.18. The quantitative estimate of drug-likeness (QED) is 0.442. The first-order chi connectivity index (χ1) is 12.8. The molecule has 27 heavy (non-hydrogen) atoms. The lowest BCUT2D eigenvalue weighted by molar-refractivity contribution is -0.384. The number of rotatable bonds is 5. The summed E-state index contributed by atoms with van der Waals surface area (Å²) in [6, 6.07) is 13.5. The minimum absolute atomic E-state index is 0.0334. The van der Waals surface area contributed by atoms with E-state index in [-0.39, 0.29) is 23.4 Å². The van der Waals surface area contributed by atoms with Crippen LogP contribution in [0.2, 0.25) is 0 Å². The second kappa shape index (κ2) is 7.63. The van der Waals surface area contributed by atoms with Gasteiger partial charge in [-0.15, -0.1) is 0 Å². The Morgan fingerprint density at radius 2 is 1.70 bits per heavy atom. The fourth-order valence-corrected chi connectivity index (χ4v) is 3.40. The van der Waals surface area contributed by atoms with Gasteiger partial charge in [-0.1, -0.05) is 24.3 Å². The van der Waals surface area contributed by atoms with E-state index in [4.69, 9.17) is 0 Å². The third kappa shape index (κ3) is 4.17. The molecule has 0 spiro atoms. The number of hydrogen-bond donors (Lipinski definition) is 0. The van der Waals surface area contributed by atoms with E-state index >= 15 is 0 Å². The van der Waals surface area contributed by atoms with Gasteiger partial charge in [-0.2, -0.15) is 0 Å². The normalized spacial score (nSPS) is 15.5. The average molecular weight is 383 g/mol. The second-order valence-electron chi connectivity index (χ2n) is 6.18. The number of carbonyl (C=O) groups is 2. The molecule has 0 saturated carbocycles. The first-order valence-corrected chi connectivity index (χ1v) is 8.93. The highest BCUT2D eigenvalue weighted by Gasteiger charge is 2.35. The van der Waals surface area contributed by atoms with Gasteiger partial charge in [0.1, 0.15) is 0 Å². The molecular formula is C19H17N3O4S. The molecule has 3 rings (SSSR count). The molecule has 2 aromatic rings. The third-order valence-electron chi connectivity index (χ3n) is 4.07. The van der Waals surface area contributed by atoms with Crippen LogP contribution in [0.4, 0.5) is 16.2 Å². The average Bonchev–Trinajstić information content (AvgIpc) is 2.90. The van der Waals surface area contributed by atoms with Crippen molar-refractivity contribution in [1.82, 2.24) is 4.90 Å². The van der Waals surface area contributed by atoms with Crippen LogP contribution in [0.25, 0.3) is 6.08 Å². The fraction of sp³-hybridized carbons (Fsp3) is 0.158. The van der Waals surface area contributed by atoms with E-state index in [2.05, 4.69) is 0 Å². The predicted octanol–water partition coefficient (Wildman–Crippen LogP) is 3.90. The zero-order chi connectivity index (χ0) is 19.6. The molecule has 1 aliphatic heterocycles. The number of amides is 2. The van der Waals surface area contributed by atoms with Crippen molar-refractivity contribution in [3.8, 4) is 0 Å². The van der Waals surface area contributed by atoms with Crippen LogP contribution in [-0.4, -0.2) is 35.1 Å². The largest absolute Gasteiger partial charge is 0.378 e. The van der Waals surface area contributed by atoms with Crippen LogP contribution < -0.4 is 4.90 Å². The van der Waals surface area contributed by atoms with Crippen molar-refractivity contribution in [2.45, 2.75) is 6.54 Å². The number of non-ortho nitro benzene ring substituents is 1. The first kappa shape index (κ1) is 18.7. The Morgan fingerprint density at radius 3 is 2.26 bits per heavy atom. The van der Waals surface area contributed by atoms with Gasteiger partial charge in [0, 0.05) is 31.9 Å². The molecule has 2 amide bonds. The molecule has 8 heteroatoms. The number of thioether (sulfide) groups is 1. The van der Waals surface area contributed by atoms with E-state index in [0.29, 0.717) is 10.5 Å². The van der Waals surface area contributed by atoms with Gasteiger partial charge in [0.05, 0.1) is 16.4 Å². The van der Waals surface area contributed by atoms with E-state index in [9.17, 15) is 19.7 Å². The maximum absolute atomic E-state index is 12.6. The van der Waals surface area contributed by atoms with E-state index in [1.54, 1.807) is 18.2 Å². The zero-order valence-electron chi connectivity index (χ0n) is 14.8. The number of anilines is 1. The minimum atomic E-state index is -0.492. The van der Waals surface area contributed by atoms with Gasteiger partial charge in [-0.3, -0.25) is 24.6 Å². The lowest BCUT2D eigenvalue weighted by atomic mass is 10.1. The van der Waals surface area contributed by atoms with E-state index < -0.39 is 4.92 Å². The van der Waals surface area contributed by atoms with Gasteiger partial charge in [-0.05, 0) is 41.1 Å². The van der Waals surface area contributed by atoms with E-state index in [1.807, 2.05) is 43.3 Å². The van der Waals surface area contributed by atoms with Gasteiger partial charge in [0.25, 0.3) is 16.8 Å². The molecule has 0 N–H and O–H groups in total. The van der Waals surface area contributed by atoms with Gasteiger partial charge in [0.2, 0.25) is 0 Å². The highest BCUT2D eigenvalue weighted by atomic mass is 32.2. The van der Waals surface area contributed by atoms with Crippen LogP contribution in [0.1, 0.15) is 11.1 Å². The first-order valence-electron chi connectivity index (χ1n) is 8.11. The number of nitrogens with zero attached hydrogens (tertiary/aromatic N) is 3. The van der Waals surface area contributed by atoms with Crippen molar-refractivity contribution in [1.29, 1.82) is 0 Å². The van der Waals surface area contributed by atoms with Crippen molar-refractivity contribution in [2.24, 2.45) is 0 Å². The number of carbonyl (C=O) groups excluding carboxylic acids is 2. The Morgan fingerprint density at radius 1 is 1.07 bits per heavy atom. The number of nitro benzene ring substituents is 1. The summed E-state index contributed by atoms with van der Waals surface area (Å²) in [6.07, 6.45) is 1.69. The van der Waals surface area contributed by atoms with Crippen molar-refractivity contribution in [3.05, 3.63) is 74.7 Å². The molecule has 0 bridgehead atoms. The molecule has 2 aromatic carbocycles. The summed E-state index contributed by atoms with van der Waals surface area (Å²) < 4.78 is 0. The van der Waals surface area contributed by atoms with Gasteiger partial charge < -0.3 is 4.90 Å². The standard InChI is InChI=1S/C19H17N3O4S/c1-20(2)15-7-3-13(4-8-15)11-17-18(23)21(19(24)27-17)12-14-5-9-16(10-6-14)22(25)26/h3-11H,12H2,1-2H3. The van der Waals surface area contributed by atoms with Crippen LogP contribution in [0, 0.1) is 10.1 Å². The Hall–Kier alpha value is -3.13. The van der Waals surface area contributed by atoms with Crippen molar-refractivity contribution < 1.29 is 14.5 Å².